The topological polar surface area (TPSA) is 50.3 Å². The third kappa shape index (κ3) is 3.22. The van der Waals surface area contributed by atoms with E-state index in [4.69, 9.17) is 5.73 Å². The maximum absolute atomic E-state index is 6.01. The maximum atomic E-state index is 6.01. The van der Waals surface area contributed by atoms with Crippen LogP contribution in [0, 0.1) is 6.92 Å². The lowest BCUT2D eigenvalue weighted by Crippen LogP contribution is -2.54. The largest absolute Gasteiger partial charge is 0.338 e. The van der Waals surface area contributed by atoms with Crippen molar-refractivity contribution in [1.29, 1.82) is 0 Å². The van der Waals surface area contributed by atoms with Gasteiger partial charge in [-0.15, -0.1) is 0 Å². The van der Waals surface area contributed by atoms with E-state index in [-0.39, 0.29) is 11.6 Å². The smallest absolute Gasteiger partial charge is 0.105 e. The first-order valence-electron chi connectivity index (χ1n) is 7.52. The van der Waals surface area contributed by atoms with Crippen LogP contribution in [0.5, 0.6) is 0 Å². The van der Waals surface area contributed by atoms with Gasteiger partial charge in [0, 0.05) is 51.5 Å². The van der Waals surface area contributed by atoms with Gasteiger partial charge in [-0.05, 0) is 27.7 Å². The van der Waals surface area contributed by atoms with Gasteiger partial charge in [0.05, 0.1) is 11.7 Å². The Bertz CT molecular complexity index is 418. The average molecular weight is 279 g/mol. The summed E-state index contributed by atoms with van der Waals surface area (Å²) in [5, 5.41) is 0. The average Bonchev–Trinajstić information content (AvgIpc) is 2.70. The van der Waals surface area contributed by atoms with Gasteiger partial charge in [-0.1, -0.05) is 0 Å². The van der Waals surface area contributed by atoms with Crippen molar-refractivity contribution >= 4 is 0 Å². The van der Waals surface area contributed by atoms with E-state index in [0.29, 0.717) is 6.54 Å². The summed E-state index contributed by atoms with van der Waals surface area (Å²) in [6, 6.07) is 0.247. The van der Waals surface area contributed by atoms with Crippen LogP contribution < -0.4 is 5.73 Å². The molecule has 1 aromatic rings. The lowest BCUT2D eigenvalue weighted by Gasteiger charge is -2.44. The van der Waals surface area contributed by atoms with Crippen molar-refractivity contribution in [2.24, 2.45) is 12.8 Å². The molecule has 5 nitrogen and oxygen atoms in total. The second-order valence-electron chi connectivity index (χ2n) is 6.77. The van der Waals surface area contributed by atoms with Crippen molar-refractivity contribution in [3.05, 3.63) is 17.7 Å². The van der Waals surface area contributed by atoms with Crippen LogP contribution in [0.2, 0.25) is 0 Å². The quantitative estimate of drug-likeness (QED) is 0.901. The second-order valence-corrected chi connectivity index (χ2v) is 6.77. The Morgan fingerprint density at radius 3 is 2.25 bits per heavy atom. The lowest BCUT2D eigenvalue weighted by molar-refractivity contribution is 0.0425. The third-order valence-corrected chi connectivity index (χ3v) is 4.40. The van der Waals surface area contributed by atoms with Gasteiger partial charge in [0.25, 0.3) is 0 Å². The summed E-state index contributed by atoms with van der Waals surface area (Å²) in [7, 11) is 2.04. The van der Waals surface area contributed by atoms with E-state index in [1.807, 2.05) is 14.0 Å². The summed E-state index contributed by atoms with van der Waals surface area (Å²) >= 11 is 0. The molecule has 2 rings (SSSR count). The van der Waals surface area contributed by atoms with E-state index in [1.54, 1.807) is 0 Å². The monoisotopic (exact) mass is 279 g/mol. The molecular formula is C15H29N5. The zero-order chi connectivity index (χ0) is 14.9. The summed E-state index contributed by atoms with van der Waals surface area (Å²) < 4.78 is 2.07. The minimum absolute atomic E-state index is 0.247. The molecule has 1 aliphatic rings. The molecule has 0 radical (unpaired) electrons. The van der Waals surface area contributed by atoms with Crippen molar-refractivity contribution in [3.63, 3.8) is 0 Å². The van der Waals surface area contributed by atoms with E-state index in [1.165, 1.54) is 0 Å². The Morgan fingerprint density at radius 2 is 1.85 bits per heavy atom. The van der Waals surface area contributed by atoms with Gasteiger partial charge in [-0.25, -0.2) is 4.98 Å². The van der Waals surface area contributed by atoms with E-state index in [9.17, 15) is 0 Å². The molecule has 0 bridgehead atoms. The van der Waals surface area contributed by atoms with Gasteiger partial charge >= 0.3 is 0 Å². The summed E-state index contributed by atoms with van der Waals surface area (Å²) in [6.45, 7) is 13.9. The first-order valence-corrected chi connectivity index (χ1v) is 7.52. The van der Waals surface area contributed by atoms with Gasteiger partial charge in [0.15, 0.2) is 0 Å². The lowest BCUT2D eigenvalue weighted by atomic mass is 10.0. The van der Waals surface area contributed by atoms with Crippen LogP contribution >= 0.6 is 0 Å². The van der Waals surface area contributed by atoms with Crippen LogP contribution in [0.1, 0.15) is 38.3 Å². The number of nitrogens with two attached hydrogens (primary N) is 1. The zero-order valence-electron chi connectivity index (χ0n) is 13.6. The molecule has 2 N–H and O–H groups in total. The van der Waals surface area contributed by atoms with Gasteiger partial charge in [0.2, 0.25) is 0 Å². The SMILES string of the molecule is Cc1nc(C(CN)N2CCN(C(C)(C)C)CC2)cn1C. The van der Waals surface area contributed by atoms with Crippen molar-refractivity contribution in [2.75, 3.05) is 32.7 Å². The number of piperazine rings is 1. The first kappa shape index (κ1) is 15.5. The molecule has 1 atom stereocenters. The highest BCUT2D eigenvalue weighted by molar-refractivity contribution is 5.09. The molecule has 5 heteroatoms. The normalized spacial score (nSPS) is 20.3. The highest BCUT2D eigenvalue weighted by atomic mass is 15.3. The Labute approximate surface area is 122 Å². The molecule has 0 aromatic carbocycles. The van der Waals surface area contributed by atoms with Crippen molar-refractivity contribution in [2.45, 2.75) is 39.3 Å². The van der Waals surface area contributed by atoms with E-state index < -0.39 is 0 Å². The van der Waals surface area contributed by atoms with Crippen LogP contribution in [0.25, 0.3) is 0 Å². The fraction of sp³-hybridized carbons (Fsp3) is 0.800. The summed E-state index contributed by atoms with van der Waals surface area (Å²) in [4.78, 5) is 9.67. The number of hydrogen-bond donors (Lipinski definition) is 1. The highest BCUT2D eigenvalue weighted by Crippen LogP contribution is 2.23. The standard InChI is InChI=1S/C15H29N5/c1-12-17-13(11-18(12)5)14(10-16)19-6-8-20(9-7-19)15(2,3)4/h11,14H,6-10,16H2,1-5H3. The Morgan fingerprint density at radius 1 is 1.25 bits per heavy atom. The number of rotatable bonds is 3. The highest BCUT2D eigenvalue weighted by Gasteiger charge is 2.30. The van der Waals surface area contributed by atoms with Crippen molar-refractivity contribution < 1.29 is 0 Å². The van der Waals surface area contributed by atoms with Crippen LogP contribution in [-0.2, 0) is 7.05 Å². The molecule has 1 aliphatic heterocycles. The van der Waals surface area contributed by atoms with Gasteiger partial charge in [-0.2, -0.15) is 0 Å². The van der Waals surface area contributed by atoms with E-state index >= 15 is 0 Å². The summed E-state index contributed by atoms with van der Waals surface area (Å²) in [5.74, 6) is 1.05. The van der Waals surface area contributed by atoms with E-state index in [0.717, 1.165) is 37.7 Å². The predicted molar refractivity (Wildman–Crippen MR) is 82.6 cm³/mol. The van der Waals surface area contributed by atoms with Crippen LogP contribution in [0.15, 0.2) is 6.20 Å². The Balaban J connectivity index is 2.04. The number of hydrogen-bond acceptors (Lipinski definition) is 4. The molecule has 1 saturated heterocycles. The van der Waals surface area contributed by atoms with Crippen molar-refractivity contribution in [1.82, 2.24) is 19.4 Å². The molecule has 0 spiro atoms. The predicted octanol–water partition coefficient (Wildman–Crippen LogP) is 1.14. The van der Waals surface area contributed by atoms with Gasteiger partial charge in [0.1, 0.15) is 5.82 Å². The summed E-state index contributed by atoms with van der Waals surface area (Å²) in [6.07, 6.45) is 2.11. The number of nitrogens with zero attached hydrogens (tertiary/aromatic N) is 4. The fourth-order valence-electron chi connectivity index (χ4n) is 2.91. The minimum atomic E-state index is 0.247. The number of imidazole rings is 1. The van der Waals surface area contributed by atoms with Crippen LogP contribution in [0.4, 0.5) is 0 Å². The van der Waals surface area contributed by atoms with Gasteiger partial charge < -0.3 is 10.3 Å². The fourth-order valence-corrected chi connectivity index (χ4v) is 2.91. The van der Waals surface area contributed by atoms with E-state index in [2.05, 4.69) is 46.3 Å². The molecule has 1 unspecified atom stereocenters. The molecule has 2 heterocycles. The molecule has 20 heavy (non-hydrogen) atoms. The zero-order valence-corrected chi connectivity index (χ0v) is 13.6. The molecule has 0 amide bonds. The Kier molecular flexibility index (Phi) is 4.52. The first-order chi connectivity index (χ1) is 9.32. The summed E-state index contributed by atoms with van der Waals surface area (Å²) in [5.41, 5.74) is 7.37. The van der Waals surface area contributed by atoms with Crippen LogP contribution in [-0.4, -0.2) is 57.6 Å². The van der Waals surface area contributed by atoms with Gasteiger partial charge in [-0.3, -0.25) is 9.80 Å². The molecule has 0 aliphatic carbocycles. The third-order valence-electron chi connectivity index (χ3n) is 4.40. The minimum Gasteiger partial charge on any atom is -0.338 e. The molecule has 114 valence electrons. The number of aromatic nitrogens is 2. The van der Waals surface area contributed by atoms with Crippen LogP contribution in [0.3, 0.4) is 0 Å². The Hall–Kier alpha value is -0.910. The van der Waals surface area contributed by atoms with Crippen molar-refractivity contribution in [3.8, 4) is 0 Å². The number of aryl methyl sites for hydroxylation is 2. The second kappa shape index (κ2) is 5.84. The molecular weight excluding hydrogens is 250 g/mol. The molecule has 1 fully saturated rings. The molecule has 1 aromatic heterocycles. The molecule has 0 saturated carbocycles. The maximum Gasteiger partial charge on any atom is 0.105 e.